The average molecular weight is 559 g/mol. The van der Waals surface area contributed by atoms with Crippen molar-refractivity contribution in [2.75, 3.05) is 44.7 Å². The lowest BCUT2D eigenvalue weighted by molar-refractivity contribution is -0.0551. The minimum Gasteiger partial charge on any atom is -0.465 e. The normalized spacial score (nSPS) is 28.0. The maximum Gasteiger partial charge on any atom is 0.321 e. The summed E-state index contributed by atoms with van der Waals surface area (Å²) in [6.45, 7) is 11.8. The highest BCUT2D eigenvalue weighted by Gasteiger charge is 2.56. The first kappa shape index (κ1) is 28.0. The van der Waals surface area contributed by atoms with E-state index in [1.807, 2.05) is 4.90 Å². The average Bonchev–Trinajstić information content (AvgIpc) is 3.47. The maximum atomic E-state index is 10.5. The smallest absolute Gasteiger partial charge is 0.321 e. The number of aromatic nitrogens is 2. The Balaban J connectivity index is 1.37. The molecule has 0 radical (unpaired) electrons. The van der Waals surface area contributed by atoms with E-state index in [0.29, 0.717) is 50.6 Å². The summed E-state index contributed by atoms with van der Waals surface area (Å²) in [4.78, 5) is 16.4. The van der Waals surface area contributed by atoms with Crippen LogP contribution >= 0.6 is 0 Å². The summed E-state index contributed by atoms with van der Waals surface area (Å²) in [7, 11) is 2.14. The topological polar surface area (TPSA) is 98.0 Å². The van der Waals surface area contributed by atoms with Crippen molar-refractivity contribution in [2.45, 2.75) is 76.3 Å². The van der Waals surface area contributed by atoms with Gasteiger partial charge in [-0.05, 0) is 62.9 Å². The first-order valence-electron chi connectivity index (χ1n) is 15.0. The van der Waals surface area contributed by atoms with Crippen molar-refractivity contribution in [1.29, 1.82) is 5.26 Å². The first-order valence-corrected chi connectivity index (χ1v) is 15.0. The molecule has 2 unspecified atom stereocenters. The van der Waals surface area contributed by atoms with Crippen molar-refractivity contribution in [2.24, 2.45) is 5.41 Å². The van der Waals surface area contributed by atoms with Gasteiger partial charge in [-0.1, -0.05) is 44.7 Å². The second-order valence-electron chi connectivity index (χ2n) is 12.7. The van der Waals surface area contributed by atoms with E-state index < -0.39 is 11.8 Å². The minimum absolute atomic E-state index is 0.0998. The molecule has 41 heavy (non-hydrogen) atoms. The predicted octanol–water partition coefficient (Wildman–Crippen LogP) is 3.66. The zero-order chi connectivity index (χ0) is 28.8. The third-order valence-electron chi connectivity index (χ3n) is 9.88. The van der Waals surface area contributed by atoms with Crippen molar-refractivity contribution >= 4 is 5.82 Å². The Kier molecular flexibility index (Phi) is 7.43. The van der Waals surface area contributed by atoms with Crippen LogP contribution in [0, 0.1) is 16.7 Å². The zero-order valence-electron chi connectivity index (χ0n) is 24.6. The Labute approximate surface area is 243 Å². The molecular weight excluding hydrogens is 516 g/mol. The summed E-state index contributed by atoms with van der Waals surface area (Å²) in [5.74, 6) is 1.42. The second kappa shape index (κ2) is 10.9. The van der Waals surface area contributed by atoms with Crippen LogP contribution in [0.4, 0.5) is 5.82 Å². The van der Waals surface area contributed by atoms with Crippen LogP contribution in [-0.2, 0) is 18.4 Å². The number of nitriles is 1. The fourth-order valence-electron chi connectivity index (χ4n) is 7.49. The van der Waals surface area contributed by atoms with Gasteiger partial charge in [0.25, 0.3) is 0 Å². The van der Waals surface area contributed by atoms with Gasteiger partial charge in [0, 0.05) is 37.1 Å². The molecule has 4 aliphatic rings. The zero-order valence-corrected chi connectivity index (χ0v) is 24.6. The number of aliphatic hydroxyl groups is 1. The predicted molar refractivity (Wildman–Crippen MR) is 157 cm³/mol. The molecule has 4 atom stereocenters. The van der Waals surface area contributed by atoms with E-state index in [1.165, 1.54) is 23.6 Å². The number of ether oxygens (including phenoxy) is 2. The number of hydrogen-bond donors (Lipinski definition) is 1. The number of likely N-dealkylation sites (N-methyl/N-ethyl adjacent to an activating group) is 1. The molecule has 1 aromatic heterocycles. The van der Waals surface area contributed by atoms with Crippen molar-refractivity contribution in [1.82, 2.24) is 19.8 Å². The van der Waals surface area contributed by atoms with Gasteiger partial charge in [0.15, 0.2) is 0 Å². The van der Waals surface area contributed by atoms with E-state index in [4.69, 9.17) is 19.4 Å². The molecule has 218 valence electrons. The fourth-order valence-corrected chi connectivity index (χ4v) is 7.49. The molecule has 3 aliphatic heterocycles. The van der Waals surface area contributed by atoms with E-state index in [0.717, 1.165) is 43.6 Å². The van der Waals surface area contributed by atoms with E-state index in [1.54, 1.807) is 0 Å². The number of rotatable bonds is 7. The molecule has 0 saturated carbocycles. The molecule has 1 spiro atoms. The molecule has 1 aromatic carbocycles. The SMILES string of the molecule is C=CC(O)N1CCN(c2nc(OC[C@@H]3CCCN3C)nc3c2CCC2(O3)c3ccccc3CC2(C)C)C[C@@H]1CC#N. The Morgan fingerprint density at radius 2 is 2.07 bits per heavy atom. The van der Waals surface area contributed by atoms with Gasteiger partial charge in [0.1, 0.15) is 24.3 Å². The molecule has 0 amide bonds. The van der Waals surface area contributed by atoms with Crippen molar-refractivity contribution in [3.8, 4) is 18.0 Å². The lowest BCUT2D eigenvalue weighted by Crippen LogP contribution is -2.56. The Morgan fingerprint density at radius 1 is 1.24 bits per heavy atom. The number of fused-ring (bicyclic) bond motifs is 3. The van der Waals surface area contributed by atoms with Crippen molar-refractivity contribution in [3.63, 3.8) is 0 Å². The van der Waals surface area contributed by atoms with Crippen LogP contribution in [0.5, 0.6) is 11.9 Å². The van der Waals surface area contributed by atoms with Crippen molar-refractivity contribution < 1.29 is 14.6 Å². The Morgan fingerprint density at radius 3 is 2.83 bits per heavy atom. The lowest BCUT2D eigenvalue weighted by atomic mass is 9.71. The number of piperazine rings is 1. The van der Waals surface area contributed by atoms with Crippen LogP contribution in [0.15, 0.2) is 36.9 Å². The molecule has 6 rings (SSSR count). The number of likely N-dealkylation sites (tertiary alicyclic amines) is 1. The molecule has 2 aromatic rings. The lowest BCUT2D eigenvalue weighted by Gasteiger charge is -2.46. The molecule has 2 saturated heterocycles. The Bertz CT molecular complexity index is 1340. The number of hydrogen-bond acceptors (Lipinski definition) is 9. The van der Waals surface area contributed by atoms with E-state index in [9.17, 15) is 10.4 Å². The van der Waals surface area contributed by atoms with Crippen LogP contribution in [0.25, 0.3) is 0 Å². The number of benzene rings is 1. The molecule has 0 bridgehead atoms. The number of aliphatic hydroxyl groups excluding tert-OH is 1. The van der Waals surface area contributed by atoms with E-state index >= 15 is 0 Å². The van der Waals surface area contributed by atoms with Crippen LogP contribution in [-0.4, -0.2) is 83.0 Å². The third kappa shape index (κ3) is 4.86. The van der Waals surface area contributed by atoms with Crippen LogP contribution in [0.1, 0.15) is 56.2 Å². The quantitative estimate of drug-likeness (QED) is 0.511. The van der Waals surface area contributed by atoms with Crippen LogP contribution in [0.2, 0.25) is 0 Å². The van der Waals surface area contributed by atoms with Gasteiger partial charge >= 0.3 is 6.01 Å². The van der Waals surface area contributed by atoms with Gasteiger partial charge in [0.05, 0.1) is 18.1 Å². The number of nitrogens with zero attached hydrogens (tertiary/aromatic N) is 6. The van der Waals surface area contributed by atoms with Gasteiger partial charge in [-0.15, -0.1) is 0 Å². The minimum atomic E-state index is -0.787. The molecular formula is C32H42N6O3. The van der Waals surface area contributed by atoms with Gasteiger partial charge in [0.2, 0.25) is 5.88 Å². The standard InChI is InChI=1S/C32H42N6O3/c1-5-27(39)38-18-17-37(20-23(38)13-15-33)28-25-12-14-32(26-11-7-6-9-22(26)19-31(32,2)3)41-29(25)35-30(34-28)40-21-24-10-8-16-36(24)4/h5-7,9,11,23-24,27,39H,1,8,10,12-14,16-21H2,2-4H3/t23-,24-,27?,32?/m0/s1. The molecule has 1 N–H and O–H groups in total. The maximum absolute atomic E-state index is 10.5. The number of anilines is 1. The second-order valence-corrected chi connectivity index (χ2v) is 12.7. The highest BCUT2D eigenvalue weighted by atomic mass is 16.5. The Hall–Kier alpha value is -3.19. The molecule has 1 aliphatic carbocycles. The third-order valence-corrected chi connectivity index (χ3v) is 9.88. The summed E-state index contributed by atoms with van der Waals surface area (Å²) in [6, 6.07) is 11.5. The van der Waals surface area contributed by atoms with Gasteiger partial charge in [-0.3, -0.25) is 4.90 Å². The van der Waals surface area contributed by atoms with Crippen molar-refractivity contribution in [3.05, 3.63) is 53.6 Å². The summed E-state index contributed by atoms with van der Waals surface area (Å²) < 4.78 is 13.3. The van der Waals surface area contributed by atoms with E-state index in [-0.39, 0.29) is 11.5 Å². The van der Waals surface area contributed by atoms with Crippen LogP contribution < -0.4 is 14.4 Å². The summed E-state index contributed by atoms with van der Waals surface area (Å²) in [6.07, 6.45) is 5.88. The van der Waals surface area contributed by atoms with Gasteiger partial charge in [-0.2, -0.15) is 15.2 Å². The van der Waals surface area contributed by atoms with Crippen LogP contribution in [0.3, 0.4) is 0 Å². The fraction of sp³-hybridized carbons (Fsp3) is 0.594. The monoisotopic (exact) mass is 558 g/mol. The molecule has 9 heteroatoms. The highest BCUT2D eigenvalue weighted by molar-refractivity contribution is 5.56. The van der Waals surface area contributed by atoms with Gasteiger partial charge in [-0.25, -0.2) is 0 Å². The van der Waals surface area contributed by atoms with E-state index in [2.05, 4.69) is 67.6 Å². The highest BCUT2D eigenvalue weighted by Crippen LogP contribution is 2.57. The molecule has 4 heterocycles. The molecule has 9 nitrogen and oxygen atoms in total. The molecule has 2 fully saturated rings. The summed E-state index contributed by atoms with van der Waals surface area (Å²) in [5, 5.41) is 20.1. The van der Waals surface area contributed by atoms with Gasteiger partial charge < -0.3 is 24.4 Å². The largest absolute Gasteiger partial charge is 0.465 e. The first-order chi connectivity index (χ1) is 19.8. The summed E-state index contributed by atoms with van der Waals surface area (Å²) >= 11 is 0. The summed E-state index contributed by atoms with van der Waals surface area (Å²) in [5.41, 5.74) is 3.02.